The third-order valence-electron chi connectivity index (χ3n) is 3.29. The van der Waals surface area contributed by atoms with E-state index in [1.54, 1.807) is 24.0 Å². The molecule has 142 valence electrons. The summed E-state index contributed by atoms with van der Waals surface area (Å²) < 4.78 is 39.0. The summed E-state index contributed by atoms with van der Waals surface area (Å²) >= 11 is 0. The van der Waals surface area contributed by atoms with Crippen LogP contribution in [0.15, 0.2) is 12.1 Å². The molecule has 1 N–H and O–H groups in total. The van der Waals surface area contributed by atoms with Gasteiger partial charge in [-0.2, -0.15) is 0 Å². The Bertz CT molecular complexity index is 695. The molecule has 1 aliphatic heterocycles. The smallest absolute Gasteiger partial charge is 0.418 e. The maximum atomic E-state index is 11.3. The molecule has 0 atom stereocenters. The number of nitrogens with zero attached hydrogens (tertiary/aromatic N) is 5. The van der Waals surface area contributed by atoms with E-state index >= 15 is 0 Å². The average molecular weight is 376 g/mol. The quantitative estimate of drug-likeness (QED) is 0.486. The number of aromatic nitrogens is 1. The van der Waals surface area contributed by atoms with Gasteiger partial charge in [-0.3, -0.25) is 9.59 Å². The fourth-order valence-corrected chi connectivity index (χ4v) is 2.23. The van der Waals surface area contributed by atoms with Gasteiger partial charge in [0.05, 0.1) is 0 Å². The molecule has 13 heteroatoms. The number of carbonyl (C=O) groups excluding carboxylic acids is 2. The molecule has 0 bridgehead atoms. The molecule has 8 nitrogen and oxygen atoms in total. The zero-order valence-corrected chi connectivity index (χ0v) is 14.1. The normalized spacial score (nSPS) is 14.0. The second kappa shape index (κ2) is 8.98. The summed E-state index contributed by atoms with van der Waals surface area (Å²) in [6.45, 7) is 5.31. The number of carbonyl (C=O) groups is 2. The van der Waals surface area contributed by atoms with Crippen molar-refractivity contribution in [3.8, 4) is 0 Å². The first-order chi connectivity index (χ1) is 12.0. The molecule has 0 unspecified atom stereocenters. The number of halogens is 4. The van der Waals surface area contributed by atoms with Crippen LogP contribution in [-0.2, 0) is 9.59 Å². The highest BCUT2D eigenvalue weighted by Crippen LogP contribution is 2.29. The molecule has 26 heavy (non-hydrogen) atoms. The standard InChI is InChI=1S/C13H16N6O2.BF4/c1-9(20)15-12-4-3-11(17-14)13(16-12)19-7-5-18(6-8-19)10(2)21;2-1(3,4)5/h3-4H,5-8H2,1-2H3;/q;-1/p+1. The van der Waals surface area contributed by atoms with Gasteiger partial charge < -0.3 is 32.4 Å². The molecular formula is C13H17BF4N6O2. The van der Waals surface area contributed by atoms with Gasteiger partial charge in [-0.15, -0.1) is 0 Å². The van der Waals surface area contributed by atoms with E-state index in [0.29, 0.717) is 43.5 Å². The van der Waals surface area contributed by atoms with Crippen LogP contribution in [-0.4, -0.2) is 55.1 Å². The highest BCUT2D eigenvalue weighted by molar-refractivity contribution is 6.50. The average Bonchev–Trinajstić information content (AvgIpc) is 2.53. The van der Waals surface area contributed by atoms with Gasteiger partial charge in [-0.25, -0.2) is 4.98 Å². The van der Waals surface area contributed by atoms with Crippen LogP contribution in [0.3, 0.4) is 0 Å². The number of amides is 2. The number of hydrogen-bond donors (Lipinski definition) is 1. The summed E-state index contributed by atoms with van der Waals surface area (Å²) in [5.74, 6) is 0.719. The van der Waals surface area contributed by atoms with Crippen molar-refractivity contribution in [2.24, 2.45) is 0 Å². The van der Waals surface area contributed by atoms with E-state index in [2.05, 4.69) is 15.3 Å². The fraction of sp³-hybridized carbons (Fsp3) is 0.462. The Morgan fingerprint density at radius 3 is 2.12 bits per heavy atom. The summed E-state index contributed by atoms with van der Waals surface area (Å²) in [5, 5.41) is 11.7. The zero-order chi connectivity index (χ0) is 19.9. The molecule has 2 amide bonds. The van der Waals surface area contributed by atoms with Gasteiger partial charge in [0.1, 0.15) is 5.82 Å². The Kier molecular flexibility index (Phi) is 7.30. The molecule has 1 aliphatic rings. The topological polar surface area (TPSA) is 93.7 Å². The van der Waals surface area contributed by atoms with Gasteiger partial charge in [0.2, 0.25) is 23.0 Å². The van der Waals surface area contributed by atoms with Crippen LogP contribution in [0.25, 0.3) is 4.98 Å². The first-order valence-corrected chi connectivity index (χ1v) is 7.52. The third-order valence-corrected chi connectivity index (χ3v) is 3.29. The molecular weight excluding hydrogens is 359 g/mol. The van der Waals surface area contributed by atoms with Gasteiger partial charge in [-0.05, 0) is 6.07 Å². The van der Waals surface area contributed by atoms with Crippen molar-refractivity contribution >= 4 is 36.4 Å². The molecule has 0 saturated carbocycles. The third kappa shape index (κ3) is 7.33. The first-order valence-electron chi connectivity index (χ1n) is 7.52. The van der Waals surface area contributed by atoms with Crippen molar-refractivity contribution in [3.05, 3.63) is 17.1 Å². The second-order valence-corrected chi connectivity index (χ2v) is 5.31. The molecule has 1 saturated heterocycles. The Hall–Kier alpha value is -2.91. The number of hydrogen-bond acceptors (Lipinski definition) is 5. The van der Waals surface area contributed by atoms with E-state index in [4.69, 9.17) is 5.39 Å². The summed E-state index contributed by atoms with van der Waals surface area (Å²) in [7, 11) is -6.00. The predicted molar refractivity (Wildman–Crippen MR) is 87.9 cm³/mol. The molecule has 1 fully saturated rings. The molecule has 2 rings (SSSR count). The summed E-state index contributed by atoms with van der Waals surface area (Å²) in [6.07, 6.45) is 0. The number of nitrogens with one attached hydrogen (secondary N) is 1. The Morgan fingerprint density at radius 2 is 1.69 bits per heavy atom. The van der Waals surface area contributed by atoms with Crippen molar-refractivity contribution < 1.29 is 26.9 Å². The van der Waals surface area contributed by atoms with Crippen LogP contribution in [0.5, 0.6) is 0 Å². The van der Waals surface area contributed by atoms with E-state index in [0.717, 1.165) is 0 Å². The minimum atomic E-state index is -6.00. The van der Waals surface area contributed by atoms with Gasteiger partial charge in [0.25, 0.3) is 0 Å². The number of anilines is 2. The van der Waals surface area contributed by atoms with Crippen LogP contribution in [0.2, 0.25) is 0 Å². The van der Waals surface area contributed by atoms with Crippen molar-refractivity contribution in [3.63, 3.8) is 0 Å². The fourth-order valence-electron chi connectivity index (χ4n) is 2.23. The van der Waals surface area contributed by atoms with Crippen molar-refractivity contribution in [1.29, 1.82) is 5.39 Å². The SMILES string of the molecule is CC(=O)Nc1ccc([N+]#N)c(N2CCN(C(C)=O)CC2)n1.F[B-](F)(F)F. The molecule has 0 aromatic carbocycles. The largest absolute Gasteiger partial charge is 0.673 e. The lowest BCUT2D eigenvalue weighted by Crippen LogP contribution is -2.48. The first kappa shape index (κ1) is 21.1. The van der Waals surface area contributed by atoms with Crippen LogP contribution < -0.4 is 10.2 Å². The summed E-state index contributed by atoms with van der Waals surface area (Å²) in [4.78, 5) is 33.6. The summed E-state index contributed by atoms with van der Waals surface area (Å²) in [5.41, 5.74) is 0.334. The van der Waals surface area contributed by atoms with Crippen LogP contribution >= 0.6 is 0 Å². The number of piperazine rings is 1. The molecule has 2 heterocycles. The van der Waals surface area contributed by atoms with E-state index in [9.17, 15) is 26.9 Å². The van der Waals surface area contributed by atoms with Gasteiger partial charge in [-0.1, -0.05) is 0 Å². The Labute approximate surface area is 146 Å². The minimum Gasteiger partial charge on any atom is -0.418 e. The molecule has 0 aliphatic carbocycles. The number of rotatable bonds is 2. The monoisotopic (exact) mass is 376 g/mol. The maximum absolute atomic E-state index is 11.3. The maximum Gasteiger partial charge on any atom is 0.673 e. The van der Waals surface area contributed by atoms with Gasteiger partial charge in [0, 0.05) is 46.1 Å². The predicted octanol–water partition coefficient (Wildman–Crippen LogP) is 2.49. The minimum absolute atomic E-state index is 0.0432. The summed E-state index contributed by atoms with van der Waals surface area (Å²) in [6, 6.07) is 3.16. The highest BCUT2D eigenvalue weighted by atomic mass is 19.5. The lowest BCUT2D eigenvalue weighted by Gasteiger charge is -2.34. The van der Waals surface area contributed by atoms with Crippen molar-refractivity contribution in [2.75, 3.05) is 36.4 Å². The van der Waals surface area contributed by atoms with E-state index in [1.807, 2.05) is 4.90 Å². The van der Waals surface area contributed by atoms with Crippen molar-refractivity contribution in [1.82, 2.24) is 9.88 Å². The molecule has 0 radical (unpaired) electrons. The lowest BCUT2D eigenvalue weighted by molar-refractivity contribution is -0.129. The number of diazo groups is 1. The van der Waals surface area contributed by atoms with Crippen LogP contribution in [0, 0.1) is 5.39 Å². The second-order valence-electron chi connectivity index (χ2n) is 5.31. The lowest BCUT2D eigenvalue weighted by atomic mass is 10.2. The van der Waals surface area contributed by atoms with E-state index in [1.165, 1.54) is 6.92 Å². The van der Waals surface area contributed by atoms with Crippen molar-refractivity contribution in [2.45, 2.75) is 13.8 Å². The van der Waals surface area contributed by atoms with Crippen LogP contribution in [0.1, 0.15) is 13.8 Å². The number of pyridine rings is 1. The highest BCUT2D eigenvalue weighted by Gasteiger charge is 2.26. The Balaban J connectivity index is 0.000000597. The van der Waals surface area contributed by atoms with Gasteiger partial charge >= 0.3 is 12.9 Å². The van der Waals surface area contributed by atoms with E-state index in [-0.39, 0.29) is 11.8 Å². The molecule has 1 aromatic heterocycles. The van der Waals surface area contributed by atoms with Gasteiger partial charge in [0.15, 0.2) is 4.98 Å². The molecule has 1 aromatic rings. The van der Waals surface area contributed by atoms with E-state index < -0.39 is 7.25 Å². The zero-order valence-electron chi connectivity index (χ0n) is 14.1. The molecule has 0 spiro atoms. The van der Waals surface area contributed by atoms with Crippen LogP contribution in [0.4, 0.5) is 34.6 Å². The Morgan fingerprint density at radius 1 is 1.15 bits per heavy atom.